The van der Waals surface area contributed by atoms with Crippen LogP contribution in [0.2, 0.25) is 0 Å². The van der Waals surface area contributed by atoms with Gasteiger partial charge in [0.2, 0.25) is 5.91 Å². The Bertz CT molecular complexity index is 281. The summed E-state index contributed by atoms with van der Waals surface area (Å²) in [4.78, 5) is 14.7. The van der Waals surface area contributed by atoms with E-state index in [2.05, 4.69) is 10.3 Å². The molecule has 0 atom stereocenters. The standard InChI is InChI=1S/C8H14N4O/c1-10-6-8-11-3-5-12(8)4-2-7(9)13/h3,5,10H,2,4,6H2,1H3,(H2,9,13). The van der Waals surface area contributed by atoms with Gasteiger partial charge in [-0.2, -0.15) is 0 Å². The molecule has 1 rings (SSSR count). The zero-order chi connectivity index (χ0) is 9.68. The van der Waals surface area contributed by atoms with Crippen molar-refractivity contribution in [1.29, 1.82) is 0 Å². The van der Waals surface area contributed by atoms with Gasteiger partial charge in [-0.25, -0.2) is 4.98 Å². The Balaban J connectivity index is 2.54. The second-order valence-electron chi connectivity index (χ2n) is 2.78. The predicted octanol–water partition coefficient (Wildman–Crippen LogP) is -0.522. The summed E-state index contributed by atoms with van der Waals surface area (Å²) in [5.74, 6) is 0.632. The molecule has 1 heterocycles. The lowest BCUT2D eigenvalue weighted by Gasteiger charge is -2.05. The maximum absolute atomic E-state index is 10.5. The third-order valence-corrected chi connectivity index (χ3v) is 1.74. The highest BCUT2D eigenvalue weighted by atomic mass is 16.1. The minimum absolute atomic E-state index is 0.288. The number of amides is 1. The lowest BCUT2D eigenvalue weighted by atomic mass is 10.4. The number of aromatic nitrogens is 2. The number of hydrogen-bond donors (Lipinski definition) is 2. The largest absolute Gasteiger partial charge is 0.370 e. The minimum atomic E-state index is -0.288. The molecule has 0 saturated carbocycles. The molecule has 0 bridgehead atoms. The monoisotopic (exact) mass is 182 g/mol. The summed E-state index contributed by atoms with van der Waals surface area (Å²) >= 11 is 0. The quantitative estimate of drug-likeness (QED) is 0.643. The number of hydrogen-bond acceptors (Lipinski definition) is 3. The highest BCUT2D eigenvalue weighted by Gasteiger charge is 2.02. The van der Waals surface area contributed by atoms with E-state index in [1.807, 2.05) is 17.8 Å². The Labute approximate surface area is 76.9 Å². The van der Waals surface area contributed by atoms with Crippen molar-refractivity contribution in [2.45, 2.75) is 19.5 Å². The summed E-state index contributed by atoms with van der Waals surface area (Å²) < 4.78 is 1.92. The Kier molecular flexibility index (Phi) is 3.45. The lowest BCUT2D eigenvalue weighted by Crippen LogP contribution is -2.17. The van der Waals surface area contributed by atoms with Crippen LogP contribution in [0.25, 0.3) is 0 Å². The number of nitrogens with one attached hydrogen (secondary N) is 1. The molecule has 3 N–H and O–H groups in total. The Morgan fingerprint density at radius 2 is 2.54 bits per heavy atom. The van der Waals surface area contributed by atoms with Gasteiger partial charge in [0.15, 0.2) is 0 Å². The van der Waals surface area contributed by atoms with Crippen LogP contribution in [0.1, 0.15) is 12.2 Å². The molecule has 0 fully saturated rings. The first-order valence-corrected chi connectivity index (χ1v) is 4.17. The number of rotatable bonds is 5. The SMILES string of the molecule is CNCc1nccn1CCC(N)=O. The van der Waals surface area contributed by atoms with E-state index in [4.69, 9.17) is 5.73 Å². The van der Waals surface area contributed by atoms with E-state index in [0.29, 0.717) is 19.5 Å². The molecule has 72 valence electrons. The fourth-order valence-electron chi connectivity index (χ4n) is 1.10. The topological polar surface area (TPSA) is 72.9 Å². The van der Waals surface area contributed by atoms with E-state index < -0.39 is 0 Å². The van der Waals surface area contributed by atoms with Crippen LogP contribution in [0, 0.1) is 0 Å². The first-order chi connectivity index (χ1) is 6.24. The highest BCUT2D eigenvalue weighted by Crippen LogP contribution is 1.98. The lowest BCUT2D eigenvalue weighted by molar-refractivity contribution is -0.118. The molecule has 5 nitrogen and oxygen atoms in total. The van der Waals surface area contributed by atoms with Crippen LogP contribution in [0.15, 0.2) is 12.4 Å². The summed E-state index contributed by atoms with van der Waals surface area (Å²) in [5, 5.41) is 3.00. The molecule has 13 heavy (non-hydrogen) atoms. The van der Waals surface area contributed by atoms with Crippen LogP contribution in [0.4, 0.5) is 0 Å². The molecule has 1 aromatic heterocycles. The zero-order valence-electron chi connectivity index (χ0n) is 7.66. The molecular formula is C8H14N4O. The molecule has 0 unspecified atom stereocenters. The van der Waals surface area contributed by atoms with Gasteiger partial charge in [-0.15, -0.1) is 0 Å². The highest BCUT2D eigenvalue weighted by molar-refractivity contribution is 5.73. The van der Waals surface area contributed by atoms with Crippen LogP contribution in [-0.4, -0.2) is 22.5 Å². The molecule has 0 aliphatic heterocycles. The molecule has 0 aliphatic rings. The van der Waals surface area contributed by atoms with Crippen molar-refractivity contribution in [1.82, 2.24) is 14.9 Å². The van der Waals surface area contributed by atoms with E-state index in [-0.39, 0.29) is 5.91 Å². The van der Waals surface area contributed by atoms with Crippen molar-refractivity contribution in [3.63, 3.8) is 0 Å². The molecule has 0 aliphatic carbocycles. The molecule has 0 aromatic carbocycles. The molecule has 5 heteroatoms. The van der Waals surface area contributed by atoms with Gasteiger partial charge < -0.3 is 15.6 Å². The first-order valence-electron chi connectivity index (χ1n) is 4.17. The van der Waals surface area contributed by atoms with E-state index in [1.54, 1.807) is 6.20 Å². The fraction of sp³-hybridized carbons (Fsp3) is 0.500. The van der Waals surface area contributed by atoms with Crippen molar-refractivity contribution in [2.24, 2.45) is 5.73 Å². The van der Waals surface area contributed by atoms with Crippen molar-refractivity contribution in [3.8, 4) is 0 Å². The number of carbonyl (C=O) groups is 1. The first kappa shape index (κ1) is 9.73. The van der Waals surface area contributed by atoms with E-state index in [1.165, 1.54) is 0 Å². The number of primary amides is 1. The summed E-state index contributed by atoms with van der Waals surface area (Å²) in [7, 11) is 1.85. The average molecular weight is 182 g/mol. The van der Waals surface area contributed by atoms with Gasteiger partial charge in [0, 0.05) is 25.4 Å². The van der Waals surface area contributed by atoms with Crippen molar-refractivity contribution < 1.29 is 4.79 Å². The summed E-state index contributed by atoms with van der Waals surface area (Å²) in [6.07, 6.45) is 3.91. The van der Waals surface area contributed by atoms with Crippen molar-refractivity contribution in [2.75, 3.05) is 7.05 Å². The molecule has 1 amide bonds. The fourth-order valence-corrected chi connectivity index (χ4v) is 1.10. The third-order valence-electron chi connectivity index (χ3n) is 1.74. The normalized spacial score (nSPS) is 10.2. The van der Waals surface area contributed by atoms with Gasteiger partial charge in [0.25, 0.3) is 0 Å². The molecule has 0 radical (unpaired) electrons. The number of nitrogens with zero attached hydrogens (tertiary/aromatic N) is 2. The number of aryl methyl sites for hydroxylation is 1. The van der Waals surface area contributed by atoms with Gasteiger partial charge in [-0.05, 0) is 7.05 Å². The number of imidazole rings is 1. The van der Waals surface area contributed by atoms with Gasteiger partial charge in [-0.3, -0.25) is 4.79 Å². The minimum Gasteiger partial charge on any atom is -0.370 e. The number of nitrogens with two attached hydrogens (primary N) is 1. The van der Waals surface area contributed by atoms with Crippen molar-refractivity contribution in [3.05, 3.63) is 18.2 Å². The van der Waals surface area contributed by atoms with Crippen LogP contribution >= 0.6 is 0 Å². The van der Waals surface area contributed by atoms with Crippen LogP contribution in [-0.2, 0) is 17.9 Å². The van der Waals surface area contributed by atoms with E-state index >= 15 is 0 Å². The Morgan fingerprint density at radius 1 is 1.77 bits per heavy atom. The van der Waals surface area contributed by atoms with E-state index in [9.17, 15) is 4.79 Å². The Hall–Kier alpha value is -1.36. The summed E-state index contributed by atoms with van der Waals surface area (Å²) in [5.41, 5.74) is 5.04. The average Bonchev–Trinajstić information content (AvgIpc) is 2.49. The van der Waals surface area contributed by atoms with E-state index in [0.717, 1.165) is 5.82 Å². The molecule has 1 aromatic rings. The second-order valence-corrected chi connectivity index (χ2v) is 2.78. The maximum Gasteiger partial charge on any atom is 0.219 e. The van der Waals surface area contributed by atoms with Gasteiger partial charge in [0.05, 0.1) is 6.54 Å². The van der Waals surface area contributed by atoms with Crippen LogP contribution < -0.4 is 11.1 Å². The third kappa shape index (κ3) is 2.87. The zero-order valence-corrected chi connectivity index (χ0v) is 7.66. The maximum atomic E-state index is 10.5. The molecule has 0 spiro atoms. The van der Waals surface area contributed by atoms with Crippen molar-refractivity contribution >= 4 is 5.91 Å². The van der Waals surface area contributed by atoms with Gasteiger partial charge in [0.1, 0.15) is 5.82 Å². The van der Waals surface area contributed by atoms with Crippen LogP contribution in [0.3, 0.4) is 0 Å². The Morgan fingerprint density at radius 3 is 3.15 bits per heavy atom. The second kappa shape index (κ2) is 4.61. The smallest absolute Gasteiger partial charge is 0.219 e. The summed E-state index contributed by atoms with van der Waals surface area (Å²) in [6, 6.07) is 0. The molecular weight excluding hydrogens is 168 g/mol. The van der Waals surface area contributed by atoms with Crippen LogP contribution in [0.5, 0.6) is 0 Å². The van der Waals surface area contributed by atoms with Gasteiger partial charge >= 0.3 is 0 Å². The van der Waals surface area contributed by atoms with Gasteiger partial charge in [-0.1, -0.05) is 0 Å². The predicted molar refractivity (Wildman–Crippen MR) is 48.8 cm³/mol. The summed E-state index contributed by atoms with van der Waals surface area (Å²) in [6.45, 7) is 1.30. The molecule has 0 saturated heterocycles. The number of carbonyl (C=O) groups excluding carboxylic acids is 1.